The minimum absolute atomic E-state index is 0.624. The van der Waals surface area contributed by atoms with Crippen LogP contribution in [0.25, 0.3) is 0 Å². The second-order valence-electron chi connectivity index (χ2n) is 6.58. The van der Waals surface area contributed by atoms with Crippen LogP contribution in [0.1, 0.15) is 16.8 Å². The van der Waals surface area contributed by atoms with Crippen LogP contribution in [-0.2, 0) is 13.1 Å². The topological polar surface area (TPSA) is 59.5 Å². The second-order valence-corrected chi connectivity index (χ2v) is 6.58. The molecule has 0 atom stereocenters. The Morgan fingerprint density at radius 3 is 2.36 bits per heavy atom. The molecule has 0 unspecified atom stereocenters. The highest BCUT2D eigenvalue weighted by Gasteiger charge is 2.09. The van der Waals surface area contributed by atoms with E-state index in [-0.39, 0.29) is 0 Å². The predicted octanol–water partition coefficient (Wildman–Crippen LogP) is 4.05. The molecule has 3 rings (SSSR count). The number of ether oxygens (including phenoxy) is 2. The maximum absolute atomic E-state index is 5.37. The summed E-state index contributed by atoms with van der Waals surface area (Å²) in [6.07, 6.45) is 0. The summed E-state index contributed by atoms with van der Waals surface area (Å²) in [5, 5.41) is 3.38. The SMILES string of the molecule is COc1ccc(CNc2cc(C)nc(N(C)Cc3ccccc3)n2)cc1OC. The summed E-state index contributed by atoms with van der Waals surface area (Å²) in [7, 11) is 5.27. The van der Waals surface area contributed by atoms with Crippen LogP contribution in [0.5, 0.6) is 11.5 Å². The van der Waals surface area contributed by atoms with E-state index in [0.717, 1.165) is 23.6 Å². The van der Waals surface area contributed by atoms with Crippen LogP contribution in [0.2, 0.25) is 0 Å². The summed E-state index contributed by atoms with van der Waals surface area (Å²) >= 11 is 0. The number of nitrogens with zero attached hydrogens (tertiary/aromatic N) is 3. The molecule has 146 valence electrons. The van der Waals surface area contributed by atoms with Crippen molar-refractivity contribution < 1.29 is 9.47 Å². The third-order valence-corrected chi connectivity index (χ3v) is 4.37. The van der Waals surface area contributed by atoms with Crippen LogP contribution in [0, 0.1) is 6.92 Å². The van der Waals surface area contributed by atoms with Crippen molar-refractivity contribution in [1.82, 2.24) is 9.97 Å². The highest BCUT2D eigenvalue weighted by molar-refractivity contribution is 5.46. The standard InChI is InChI=1S/C22H26N4O2/c1-16-12-21(23-14-18-10-11-19(27-3)20(13-18)28-4)25-22(24-16)26(2)15-17-8-6-5-7-9-17/h5-13H,14-15H2,1-4H3,(H,23,24,25). The first-order valence-corrected chi connectivity index (χ1v) is 9.14. The first kappa shape index (κ1) is 19.5. The third kappa shape index (κ3) is 4.91. The van der Waals surface area contributed by atoms with Crippen molar-refractivity contribution in [2.24, 2.45) is 0 Å². The molecule has 0 bridgehead atoms. The van der Waals surface area contributed by atoms with Crippen molar-refractivity contribution in [3.63, 3.8) is 0 Å². The molecule has 0 saturated carbocycles. The van der Waals surface area contributed by atoms with E-state index in [1.165, 1.54) is 5.56 Å². The van der Waals surface area contributed by atoms with Gasteiger partial charge in [0.25, 0.3) is 0 Å². The fraction of sp³-hybridized carbons (Fsp3) is 0.273. The maximum atomic E-state index is 5.37. The average molecular weight is 378 g/mol. The Kier molecular flexibility index (Phi) is 6.32. The van der Waals surface area contributed by atoms with Gasteiger partial charge in [-0.1, -0.05) is 36.4 Å². The summed E-state index contributed by atoms with van der Waals surface area (Å²) in [6, 6.07) is 18.1. The van der Waals surface area contributed by atoms with Gasteiger partial charge in [-0.2, -0.15) is 4.98 Å². The Balaban J connectivity index is 1.71. The summed E-state index contributed by atoms with van der Waals surface area (Å²) < 4.78 is 10.7. The number of benzene rings is 2. The van der Waals surface area contributed by atoms with Crippen LogP contribution in [0.3, 0.4) is 0 Å². The molecule has 6 nitrogen and oxygen atoms in total. The van der Waals surface area contributed by atoms with Gasteiger partial charge in [-0.3, -0.25) is 0 Å². The minimum Gasteiger partial charge on any atom is -0.493 e. The van der Waals surface area contributed by atoms with Crippen molar-refractivity contribution >= 4 is 11.8 Å². The lowest BCUT2D eigenvalue weighted by molar-refractivity contribution is 0.354. The van der Waals surface area contributed by atoms with Crippen LogP contribution in [-0.4, -0.2) is 31.2 Å². The quantitative estimate of drug-likeness (QED) is 0.638. The number of anilines is 2. The molecule has 0 fully saturated rings. The van der Waals surface area contributed by atoms with Crippen molar-refractivity contribution in [1.29, 1.82) is 0 Å². The predicted molar refractivity (Wildman–Crippen MR) is 112 cm³/mol. The van der Waals surface area contributed by atoms with Gasteiger partial charge in [-0.05, 0) is 30.2 Å². The molecule has 3 aromatic rings. The van der Waals surface area contributed by atoms with Crippen LogP contribution < -0.4 is 19.7 Å². The smallest absolute Gasteiger partial charge is 0.227 e. The molecular formula is C22H26N4O2. The Morgan fingerprint density at radius 1 is 0.893 bits per heavy atom. The lowest BCUT2D eigenvalue weighted by atomic mass is 10.2. The first-order chi connectivity index (χ1) is 13.6. The van der Waals surface area contributed by atoms with Crippen molar-refractivity contribution in [2.45, 2.75) is 20.0 Å². The largest absolute Gasteiger partial charge is 0.493 e. The number of rotatable bonds is 8. The van der Waals surface area contributed by atoms with E-state index in [1.807, 2.05) is 61.3 Å². The van der Waals surface area contributed by atoms with Gasteiger partial charge in [0.2, 0.25) is 5.95 Å². The molecule has 2 aromatic carbocycles. The van der Waals surface area contributed by atoms with Gasteiger partial charge in [0.1, 0.15) is 5.82 Å². The molecule has 0 spiro atoms. The third-order valence-electron chi connectivity index (χ3n) is 4.37. The molecule has 28 heavy (non-hydrogen) atoms. The average Bonchev–Trinajstić information content (AvgIpc) is 2.72. The summed E-state index contributed by atoms with van der Waals surface area (Å²) in [5.41, 5.74) is 3.21. The summed E-state index contributed by atoms with van der Waals surface area (Å²) in [5.74, 6) is 2.91. The van der Waals surface area contributed by atoms with E-state index in [9.17, 15) is 0 Å². The number of aromatic nitrogens is 2. The van der Waals surface area contributed by atoms with Crippen molar-refractivity contribution in [2.75, 3.05) is 31.5 Å². The highest BCUT2D eigenvalue weighted by Crippen LogP contribution is 2.27. The van der Waals surface area contributed by atoms with E-state index in [0.29, 0.717) is 24.0 Å². The van der Waals surface area contributed by atoms with Crippen molar-refractivity contribution in [3.8, 4) is 11.5 Å². The fourth-order valence-corrected chi connectivity index (χ4v) is 2.93. The number of aryl methyl sites for hydroxylation is 1. The van der Waals surface area contributed by atoms with Gasteiger partial charge in [0, 0.05) is 31.9 Å². The Bertz CT molecular complexity index is 916. The summed E-state index contributed by atoms with van der Waals surface area (Å²) in [4.78, 5) is 11.3. The molecule has 1 aromatic heterocycles. The normalized spacial score (nSPS) is 10.4. The van der Waals surface area contributed by atoms with Gasteiger partial charge in [0.15, 0.2) is 11.5 Å². The molecular weight excluding hydrogens is 352 g/mol. The molecule has 0 amide bonds. The van der Waals surface area contributed by atoms with Gasteiger partial charge < -0.3 is 19.7 Å². The zero-order valence-corrected chi connectivity index (χ0v) is 16.8. The molecule has 0 aliphatic rings. The van der Waals surface area contributed by atoms with Crippen molar-refractivity contribution in [3.05, 3.63) is 71.4 Å². The van der Waals surface area contributed by atoms with Crippen LogP contribution in [0.15, 0.2) is 54.6 Å². The molecule has 0 aliphatic carbocycles. The molecule has 1 N–H and O–H groups in total. The number of hydrogen-bond acceptors (Lipinski definition) is 6. The fourth-order valence-electron chi connectivity index (χ4n) is 2.93. The van der Waals surface area contributed by atoms with E-state index in [2.05, 4.69) is 27.4 Å². The highest BCUT2D eigenvalue weighted by atomic mass is 16.5. The van der Waals surface area contributed by atoms with Crippen LogP contribution >= 0.6 is 0 Å². The minimum atomic E-state index is 0.624. The molecule has 0 radical (unpaired) electrons. The lowest BCUT2D eigenvalue weighted by Crippen LogP contribution is -2.20. The molecule has 1 heterocycles. The number of methoxy groups -OCH3 is 2. The van der Waals surface area contributed by atoms with E-state index in [1.54, 1.807) is 14.2 Å². The first-order valence-electron chi connectivity index (χ1n) is 9.14. The molecule has 0 aliphatic heterocycles. The zero-order chi connectivity index (χ0) is 19.9. The van der Waals surface area contributed by atoms with Gasteiger partial charge >= 0.3 is 0 Å². The Labute approximate surface area is 166 Å². The van der Waals surface area contributed by atoms with E-state index >= 15 is 0 Å². The number of nitrogens with one attached hydrogen (secondary N) is 1. The zero-order valence-electron chi connectivity index (χ0n) is 16.8. The lowest BCUT2D eigenvalue weighted by Gasteiger charge is -2.19. The maximum Gasteiger partial charge on any atom is 0.227 e. The Hall–Kier alpha value is -3.28. The van der Waals surface area contributed by atoms with E-state index in [4.69, 9.17) is 9.47 Å². The molecule has 0 saturated heterocycles. The van der Waals surface area contributed by atoms with Gasteiger partial charge in [-0.15, -0.1) is 0 Å². The summed E-state index contributed by atoms with van der Waals surface area (Å²) in [6.45, 7) is 3.35. The van der Waals surface area contributed by atoms with Gasteiger partial charge in [0.05, 0.1) is 14.2 Å². The monoisotopic (exact) mass is 378 g/mol. The second kappa shape index (κ2) is 9.08. The van der Waals surface area contributed by atoms with E-state index < -0.39 is 0 Å². The van der Waals surface area contributed by atoms with Gasteiger partial charge in [-0.25, -0.2) is 4.98 Å². The molecule has 6 heteroatoms. The number of hydrogen-bond donors (Lipinski definition) is 1. The Morgan fingerprint density at radius 2 is 1.64 bits per heavy atom. The van der Waals surface area contributed by atoms with Crippen LogP contribution in [0.4, 0.5) is 11.8 Å².